The van der Waals surface area contributed by atoms with E-state index in [1.165, 1.54) is 0 Å². The van der Waals surface area contributed by atoms with Gasteiger partial charge in [-0.25, -0.2) is 9.59 Å². The third-order valence-electron chi connectivity index (χ3n) is 3.37. The lowest BCUT2D eigenvalue weighted by Crippen LogP contribution is -2.45. The molecule has 1 aromatic carbocycles. The highest BCUT2D eigenvalue weighted by Gasteiger charge is 2.33. The first-order valence-corrected chi connectivity index (χ1v) is 9.27. The second kappa shape index (κ2) is 8.40. The molecule has 5 nitrogen and oxygen atoms in total. The van der Waals surface area contributed by atoms with E-state index in [1.54, 1.807) is 18.7 Å². The fourth-order valence-corrected chi connectivity index (χ4v) is 3.33. The predicted octanol–water partition coefficient (Wildman–Crippen LogP) is 3.37. The molecule has 0 saturated carbocycles. The molecule has 7 heteroatoms. The van der Waals surface area contributed by atoms with Crippen molar-refractivity contribution in [2.24, 2.45) is 0 Å². The van der Waals surface area contributed by atoms with Gasteiger partial charge in [0.25, 0.3) is 0 Å². The summed E-state index contributed by atoms with van der Waals surface area (Å²) in [7, 11) is 0. The van der Waals surface area contributed by atoms with Gasteiger partial charge in [0.2, 0.25) is 0 Å². The van der Waals surface area contributed by atoms with Gasteiger partial charge in [0, 0.05) is 15.9 Å². The van der Waals surface area contributed by atoms with Crippen LogP contribution in [0.2, 0.25) is 0 Å². The maximum Gasteiger partial charge on any atom is 0.338 e. The van der Waals surface area contributed by atoms with Crippen LogP contribution in [0.5, 0.6) is 0 Å². The van der Waals surface area contributed by atoms with Crippen molar-refractivity contribution in [3.63, 3.8) is 0 Å². The predicted molar refractivity (Wildman–Crippen MR) is 95.2 cm³/mol. The molecular formula is C16H19BrN2O3S. The summed E-state index contributed by atoms with van der Waals surface area (Å²) in [6, 6.07) is 6.62. The number of amides is 2. The number of thioether (sulfide) groups is 1. The van der Waals surface area contributed by atoms with Crippen LogP contribution in [-0.4, -0.2) is 30.1 Å². The molecule has 0 spiro atoms. The molecule has 0 unspecified atom stereocenters. The van der Waals surface area contributed by atoms with E-state index in [1.807, 2.05) is 24.3 Å². The zero-order chi connectivity index (χ0) is 16.8. The van der Waals surface area contributed by atoms with Crippen molar-refractivity contribution in [2.75, 3.05) is 18.1 Å². The van der Waals surface area contributed by atoms with E-state index in [9.17, 15) is 9.59 Å². The van der Waals surface area contributed by atoms with Gasteiger partial charge < -0.3 is 15.4 Å². The highest BCUT2D eigenvalue weighted by Crippen LogP contribution is 2.32. The monoisotopic (exact) mass is 398 g/mol. The zero-order valence-corrected chi connectivity index (χ0v) is 15.4. The smallest absolute Gasteiger partial charge is 0.338 e. The molecule has 1 aliphatic rings. The highest BCUT2D eigenvalue weighted by molar-refractivity contribution is 9.10. The minimum absolute atomic E-state index is 0.332. The van der Waals surface area contributed by atoms with E-state index in [0.29, 0.717) is 17.9 Å². The first kappa shape index (κ1) is 17.9. The maximum absolute atomic E-state index is 12.5. The molecule has 2 rings (SSSR count). The molecule has 1 atom stereocenters. The lowest BCUT2D eigenvalue weighted by Gasteiger charge is -2.28. The third kappa shape index (κ3) is 4.51. The maximum atomic E-state index is 12.5. The molecule has 2 N–H and O–H groups in total. The molecule has 124 valence electrons. The number of nitrogens with one attached hydrogen (secondary N) is 2. The molecule has 0 aliphatic carbocycles. The summed E-state index contributed by atoms with van der Waals surface area (Å²) in [5.74, 6) is 1.33. The Bertz CT molecular complexity index is 634. The van der Waals surface area contributed by atoms with Gasteiger partial charge in [0.05, 0.1) is 11.6 Å². The van der Waals surface area contributed by atoms with E-state index >= 15 is 0 Å². The van der Waals surface area contributed by atoms with Gasteiger partial charge >= 0.3 is 12.0 Å². The SMILES string of the molecule is CCSCCOC(=O)C1=C(C)NC(=O)N[C@@H]1c1ccccc1Br. The normalized spacial score (nSPS) is 17.5. The number of allylic oxidation sites excluding steroid dienone is 1. The average Bonchev–Trinajstić information content (AvgIpc) is 2.51. The Morgan fingerprint density at radius 3 is 2.83 bits per heavy atom. The second-order valence-electron chi connectivity index (χ2n) is 4.92. The van der Waals surface area contributed by atoms with Crippen molar-refractivity contribution in [1.82, 2.24) is 10.6 Å². The number of carbonyl (C=O) groups excluding carboxylic acids is 2. The Kier molecular flexibility index (Phi) is 6.53. The number of carbonyl (C=O) groups is 2. The molecule has 0 bridgehead atoms. The Morgan fingerprint density at radius 1 is 1.39 bits per heavy atom. The van der Waals surface area contributed by atoms with Crippen LogP contribution in [0.4, 0.5) is 4.79 Å². The number of esters is 1. The van der Waals surface area contributed by atoms with Crippen LogP contribution in [0.25, 0.3) is 0 Å². The quantitative estimate of drug-likeness (QED) is 0.569. The minimum Gasteiger partial charge on any atom is -0.461 e. The molecule has 23 heavy (non-hydrogen) atoms. The largest absolute Gasteiger partial charge is 0.461 e. The van der Waals surface area contributed by atoms with Crippen LogP contribution in [0, 0.1) is 0 Å². The summed E-state index contributed by atoms with van der Waals surface area (Å²) in [5, 5.41) is 5.43. The van der Waals surface area contributed by atoms with E-state index in [-0.39, 0.29) is 6.03 Å². The summed E-state index contributed by atoms with van der Waals surface area (Å²) in [6.07, 6.45) is 0. The fourth-order valence-electron chi connectivity index (χ4n) is 2.32. The summed E-state index contributed by atoms with van der Waals surface area (Å²) >= 11 is 5.18. The standard InChI is InChI=1S/C16H19BrN2O3S/c1-3-23-9-8-22-15(20)13-10(2)18-16(21)19-14(13)11-6-4-5-7-12(11)17/h4-7,14H,3,8-9H2,1-2H3,(H2,18,19,21)/t14-/m1/s1. The molecule has 1 heterocycles. The number of ether oxygens (including phenoxy) is 1. The Hall–Kier alpha value is -1.47. The fraction of sp³-hybridized carbons (Fsp3) is 0.375. The number of rotatable bonds is 6. The molecule has 2 amide bonds. The molecule has 0 radical (unpaired) electrons. The number of hydrogen-bond acceptors (Lipinski definition) is 4. The van der Waals surface area contributed by atoms with Crippen LogP contribution in [-0.2, 0) is 9.53 Å². The van der Waals surface area contributed by atoms with Gasteiger partial charge in [-0.3, -0.25) is 0 Å². The number of urea groups is 1. The Balaban J connectivity index is 2.25. The summed E-state index contributed by atoms with van der Waals surface area (Å²) in [4.78, 5) is 24.3. The van der Waals surface area contributed by atoms with Crippen molar-refractivity contribution >= 4 is 39.7 Å². The van der Waals surface area contributed by atoms with Gasteiger partial charge in [-0.2, -0.15) is 11.8 Å². The molecule has 1 aliphatic heterocycles. The summed E-state index contributed by atoms with van der Waals surface area (Å²) < 4.78 is 6.18. The molecular weight excluding hydrogens is 380 g/mol. The van der Waals surface area contributed by atoms with Gasteiger partial charge in [0.15, 0.2) is 0 Å². The molecule has 1 aromatic rings. The van der Waals surface area contributed by atoms with E-state index < -0.39 is 12.0 Å². The van der Waals surface area contributed by atoms with Crippen LogP contribution in [0.15, 0.2) is 40.0 Å². The highest BCUT2D eigenvalue weighted by atomic mass is 79.9. The second-order valence-corrected chi connectivity index (χ2v) is 7.17. The van der Waals surface area contributed by atoms with Crippen molar-refractivity contribution in [3.8, 4) is 0 Å². The summed E-state index contributed by atoms with van der Waals surface area (Å²) in [5.41, 5.74) is 1.76. The topological polar surface area (TPSA) is 67.4 Å². The third-order valence-corrected chi connectivity index (χ3v) is 4.96. The first-order chi connectivity index (χ1) is 11.0. The van der Waals surface area contributed by atoms with Crippen molar-refractivity contribution in [1.29, 1.82) is 0 Å². The van der Waals surface area contributed by atoms with E-state index in [2.05, 4.69) is 33.5 Å². The number of halogens is 1. The average molecular weight is 399 g/mol. The zero-order valence-electron chi connectivity index (χ0n) is 13.0. The lowest BCUT2D eigenvalue weighted by atomic mass is 9.96. The van der Waals surface area contributed by atoms with Crippen LogP contribution in [0.1, 0.15) is 25.5 Å². The van der Waals surface area contributed by atoms with Crippen LogP contribution < -0.4 is 10.6 Å². The molecule has 0 fully saturated rings. The van der Waals surface area contributed by atoms with Crippen molar-refractivity contribution in [3.05, 3.63) is 45.6 Å². The Labute approximate surface area is 148 Å². The number of hydrogen-bond donors (Lipinski definition) is 2. The van der Waals surface area contributed by atoms with E-state index in [0.717, 1.165) is 21.5 Å². The van der Waals surface area contributed by atoms with Gasteiger partial charge in [0.1, 0.15) is 6.61 Å². The van der Waals surface area contributed by atoms with Gasteiger partial charge in [-0.05, 0) is 24.3 Å². The van der Waals surface area contributed by atoms with Crippen molar-refractivity contribution < 1.29 is 14.3 Å². The number of benzene rings is 1. The van der Waals surface area contributed by atoms with Crippen LogP contribution >= 0.6 is 27.7 Å². The van der Waals surface area contributed by atoms with Crippen LogP contribution in [0.3, 0.4) is 0 Å². The minimum atomic E-state index is -0.536. The summed E-state index contributed by atoms with van der Waals surface area (Å²) in [6.45, 7) is 4.12. The first-order valence-electron chi connectivity index (χ1n) is 7.32. The van der Waals surface area contributed by atoms with Gasteiger partial charge in [-0.15, -0.1) is 0 Å². The Morgan fingerprint density at radius 2 is 2.13 bits per heavy atom. The molecule has 0 aromatic heterocycles. The molecule has 0 saturated heterocycles. The lowest BCUT2D eigenvalue weighted by molar-refractivity contribution is -0.138. The van der Waals surface area contributed by atoms with Gasteiger partial charge in [-0.1, -0.05) is 41.1 Å². The van der Waals surface area contributed by atoms with Crippen molar-refractivity contribution in [2.45, 2.75) is 19.9 Å². The van der Waals surface area contributed by atoms with E-state index in [4.69, 9.17) is 4.74 Å².